The number of ether oxygens (including phenoxy) is 2. The summed E-state index contributed by atoms with van der Waals surface area (Å²) >= 11 is 0. The van der Waals surface area contributed by atoms with Crippen LogP contribution in [0.25, 0.3) is 0 Å². The van der Waals surface area contributed by atoms with Crippen LogP contribution in [0.1, 0.15) is 18.4 Å². The van der Waals surface area contributed by atoms with Gasteiger partial charge in [0.05, 0.1) is 19.6 Å². The minimum absolute atomic E-state index is 0.000165. The van der Waals surface area contributed by atoms with Crippen molar-refractivity contribution < 1.29 is 19.4 Å². The van der Waals surface area contributed by atoms with Crippen LogP contribution in [0.3, 0.4) is 0 Å². The Morgan fingerprint density at radius 2 is 2.18 bits per heavy atom. The third kappa shape index (κ3) is 3.28. The Hall–Kier alpha value is -1.39. The van der Waals surface area contributed by atoms with E-state index in [9.17, 15) is 4.79 Å². The minimum Gasteiger partial charge on any atom is -0.481 e. The van der Waals surface area contributed by atoms with Crippen molar-refractivity contribution in [2.24, 2.45) is 0 Å². The second kappa shape index (κ2) is 5.29. The molecule has 1 atom stereocenters. The maximum absolute atomic E-state index is 10.8. The smallest absolute Gasteiger partial charge is 0.306 e. The number of hydrogen-bond acceptors (Lipinski definition) is 3. The van der Waals surface area contributed by atoms with Gasteiger partial charge >= 0.3 is 5.97 Å². The van der Waals surface area contributed by atoms with Gasteiger partial charge in [0.1, 0.15) is 5.60 Å². The van der Waals surface area contributed by atoms with Crippen molar-refractivity contribution >= 4 is 5.97 Å². The van der Waals surface area contributed by atoms with Crippen molar-refractivity contribution in [3.8, 4) is 0 Å². The molecule has 0 radical (unpaired) electrons. The Balaban J connectivity index is 1.96. The van der Waals surface area contributed by atoms with E-state index in [0.717, 1.165) is 5.56 Å². The highest BCUT2D eigenvalue weighted by Crippen LogP contribution is 2.28. The number of hydrogen-bond donors (Lipinski definition) is 1. The number of carboxylic acid groups (broad SMARTS) is 1. The van der Waals surface area contributed by atoms with Crippen molar-refractivity contribution in [2.75, 3.05) is 13.2 Å². The monoisotopic (exact) mass is 236 g/mol. The molecule has 1 aromatic carbocycles. The Morgan fingerprint density at radius 1 is 1.41 bits per heavy atom. The number of aliphatic carboxylic acids is 1. The summed E-state index contributed by atoms with van der Waals surface area (Å²) < 4.78 is 11.0. The van der Waals surface area contributed by atoms with E-state index in [1.165, 1.54) is 0 Å². The molecule has 4 nitrogen and oxygen atoms in total. The summed E-state index contributed by atoms with van der Waals surface area (Å²) in [5.74, 6) is -0.844. The molecule has 1 N–H and O–H groups in total. The fourth-order valence-electron chi connectivity index (χ4n) is 1.98. The van der Waals surface area contributed by atoms with Crippen LogP contribution in [0.5, 0.6) is 0 Å². The highest BCUT2D eigenvalue weighted by atomic mass is 16.6. The third-order valence-corrected chi connectivity index (χ3v) is 2.93. The molecule has 1 aliphatic rings. The zero-order chi connectivity index (χ0) is 12.1. The molecule has 0 aliphatic carbocycles. The molecule has 4 heteroatoms. The number of rotatable bonds is 5. The fourth-order valence-corrected chi connectivity index (χ4v) is 1.98. The topological polar surface area (TPSA) is 55.8 Å². The van der Waals surface area contributed by atoms with Gasteiger partial charge in [-0.25, -0.2) is 0 Å². The highest BCUT2D eigenvalue weighted by molar-refractivity contribution is 5.68. The maximum Gasteiger partial charge on any atom is 0.306 e. The van der Waals surface area contributed by atoms with Gasteiger partial charge in [0.2, 0.25) is 0 Å². The van der Waals surface area contributed by atoms with Gasteiger partial charge in [0.15, 0.2) is 0 Å². The first-order valence-electron chi connectivity index (χ1n) is 5.68. The first kappa shape index (κ1) is 12.1. The number of carbonyl (C=O) groups is 1. The van der Waals surface area contributed by atoms with Crippen LogP contribution >= 0.6 is 0 Å². The summed E-state index contributed by atoms with van der Waals surface area (Å²) in [6.45, 7) is 1.37. The van der Waals surface area contributed by atoms with Crippen LogP contribution in [0.15, 0.2) is 30.3 Å². The average Bonchev–Trinajstić information content (AvgIpc) is 2.76. The predicted molar refractivity (Wildman–Crippen MR) is 61.7 cm³/mol. The number of carboxylic acids is 1. The van der Waals surface area contributed by atoms with Crippen molar-refractivity contribution in [1.29, 1.82) is 0 Å². The van der Waals surface area contributed by atoms with Crippen LogP contribution in [-0.2, 0) is 20.9 Å². The zero-order valence-electron chi connectivity index (χ0n) is 9.59. The molecule has 0 saturated carbocycles. The van der Waals surface area contributed by atoms with Crippen molar-refractivity contribution in [3.63, 3.8) is 0 Å². The van der Waals surface area contributed by atoms with Crippen LogP contribution in [0, 0.1) is 0 Å². The van der Waals surface area contributed by atoms with Crippen LogP contribution in [0.4, 0.5) is 0 Å². The Bertz CT molecular complexity index is 368. The molecule has 2 rings (SSSR count). The van der Waals surface area contributed by atoms with E-state index < -0.39 is 11.6 Å². The average molecular weight is 236 g/mol. The molecule has 1 fully saturated rings. The second-order valence-electron chi connectivity index (χ2n) is 4.33. The summed E-state index contributed by atoms with van der Waals surface area (Å²) in [6, 6.07) is 9.74. The summed E-state index contributed by atoms with van der Waals surface area (Å²) in [5.41, 5.74) is 0.394. The lowest BCUT2D eigenvalue weighted by Crippen LogP contribution is -2.35. The summed E-state index contributed by atoms with van der Waals surface area (Å²) in [6.07, 6.45) is 0.645. The zero-order valence-corrected chi connectivity index (χ0v) is 9.59. The number of benzene rings is 1. The van der Waals surface area contributed by atoms with Gasteiger partial charge in [-0.15, -0.1) is 0 Å². The normalized spacial score (nSPS) is 23.8. The fraction of sp³-hybridized carbons (Fsp3) is 0.462. The molecule has 0 amide bonds. The molecule has 0 spiro atoms. The molecule has 1 heterocycles. The standard InChI is InChI=1S/C13H16O4/c14-12(15)8-13(6-7-16-10-13)17-9-11-4-2-1-3-5-11/h1-5H,6-10H2,(H,14,15). The lowest BCUT2D eigenvalue weighted by atomic mass is 9.98. The van der Waals surface area contributed by atoms with E-state index in [0.29, 0.717) is 26.2 Å². The van der Waals surface area contributed by atoms with Gasteiger partial charge < -0.3 is 14.6 Å². The Labute approximate surface area is 100 Å². The SMILES string of the molecule is O=C(O)CC1(OCc2ccccc2)CCOC1. The molecule has 0 aromatic heterocycles. The predicted octanol–water partition coefficient (Wildman–Crippen LogP) is 1.84. The molecule has 17 heavy (non-hydrogen) atoms. The van der Waals surface area contributed by atoms with E-state index in [1.54, 1.807) is 0 Å². The van der Waals surface area contributed by atoms with Crippen LogP contribution in [0.2, 0.25) is 0 Å². The first-order chi connectivity index (χ1) is 8.20. The second-order valence-corrected chi connectivity index (χ2v) is 4.33. The lowest BCUT2D eigenvalue weighted by molar-refractivity contribution is -0.147. The molecule has 1 saturated heterocycles. The summed E-state index contributed by atoms with van der Waals surface area (Å²) in [7, 11) is 0. The van der Waals surface area contributed by atoms with Crippen molar-refractivity contribution in [3.05, 3.63) is 35.9 Å². The highest BCUT2D eigenvalue weighted by Gasteiger charge is 2.38. The van der Waals surface area contributed by atoms with Crippen LogP contribution in [-0.4, -0.2) is 29.9 Å². The van der Waals surface area contributed by atoms with Gasteiger partial charge in [0.25, 0.3) is 0 Å². The van der Waals surface area contributed by atoms with Crippen LogP contribution < -0.4 is 0 Å². The molecule has 1 aromatic rings. The van der Waals surface area contributed by atoms with E-state index in [-0.39, 0.29) is 6.42 Å². The summed E-state index contributed by atoms with van der Waals surface area (Å²) in [4.78, 5) is 10.8. The minimum atomic E-state index is -0.844. The first-order valence-corrected chi connectivity index (χ1v) is 5.68. The molecule has 92 valence electrons. The van der Waals surface area contributed by atoms with E-state index in [4.69, 9.17) is 14.6 Å². The summed E-state index contributed by atoms with van der Waals surface area (Å²) in [5, 5.41) is 8.90. The maximum atomic E-state index is 10.8. The van der Waals surface area contributed by atoms with E-state index in [1.807, 2.05) is 30.3 Å². The quantitative estimate of drug-likeness (QED) is 0.847. The van der Waals surface area contributed by atoms with Gasteiger partial charge in [-0.1, -0.05) is 30.3 Å². The largest absolute Gasteiger partial charge is 0.481 e. The lowest BCUT2D eigenvalue weighted by Gasteiger charge is -2.26. The molecular formula is C13H16O4. The van der Waals surface area contributed by atoms with Crippen molar-refractivity contribution in [2.45, 2.75) is 25.0 Å². The molecule has 1 unspecified atom stereocenters. The Kier molecular flexibility index (Phi) is 3.76. The van der Waals surface area contributed by atoms with Gasteiger partial charge in [-0.3, -0.25) is 4.79 Å². The van der Waals surface area contributed by atoms with E-state index in [2.05, 4.69) is 0 Å². The van der Waals surface area contributed by atoms with Gasteiger partial charge in [-0.05, 0) is 5.56 Å². The van der Waals surface area contributed by atoms with E-state index >= 15 is 0 Å². The van der Waals surface area contributed by atoms with Gasteiger partial charge in [0, 0.05) is 13.0 Å². The third-order valence-electron chi connectivity index (χ3n) is 2.93. The molecule has 0 bridgehead atoms. The molecular weight excluding hydrogens is 220 g/mol. The van der Waals surface area contributed by atoms with Crippen molar-refractivity contribution in [1.82, 2.24) is 0 Å². The Morgan fingerprint density at radius 3 is 2.76 bits per heavy atom. The molecule has 1 aliphatic heterocycles. The van der Waals surface area contributed by atoms with Gasteiger partial charge in [-0.2, -0.15) is 0 Å².